The molecule has 0 aliphatic rings. The third-order valence-electron chi connectivity index (χ3n) is 3.36. The van der Waals surface area contributed by atoms with Crippen LogP contribution in [0.4, 0.5) is 13.2 Å². The van der Waals surface area contributed by atoms with Crippen LogP contribution in [0.15, 0.2) is 54.6 Å². The SMILES string of the molecule is COCCOc1ccc(C(=O)/C=C/c2ccc(C(F)(F)F)cc2)cc1. The number of carbonyl (C=O) groups is 1. The molecule has 0 amide bonds. The molecule has 0 saturated carbocycles. The summed E-state index contributed by atoms with van der Waals surface area (Å²) in [5, 5.41) is 0. The van der Waals surface area contributed by atoms with E-state index in [4.69, 9.17) is 9.47 Å². The summed E-state index contributed by atoms with van der Waals surface area (Å²) in [6, 6.07) is 11.2. The maximum atomic E-state index is 12.5. The van der Waals surface area contributed by atoms with E-state index >= 15 is 0 Å². The summed E-state index contributed by atoms with van der Waals surface area (Å²) in [4.78, 5) is 12.1. The molecule has 0 heterocycles. The molecule has 25 heavy (non-hydrogen) atoms. The molecule has 0 unspecified atom stereocenters. The van der Waals surface area contributed by atoms with E-state index < -0.39 is 11.7 Å². The zero-order valence-corrected chi connectivity index (χ0v) is 13.5. The van der Waals surface area contributed by atoms with Gasteiger partial charge in [-0.3, -0.25) is 4.79 Å². The van der Waals surface area contributed by atoms with Gasteiger partial charge in [0.15, 0.2) is 5.78 Å². The Hall–Kier alpha value is -2.60. The number of hydrogen-bond donors (Lipinski definition) is 0. The smallest absolute Gasteiger partial charge is 0.416 e. The second-order valence-electron chi connectivity index (χ2n) is 5.18. The number of ether oxygens (including phenoxy) is 2. The number of alkyl halides is 3. The van der Waals surface area contributed by atoms with Crippen LogP contribution in [-0.4, -0.2) is 26.1 Å². The summed E-state index contributed by atoms with van der Waals surface area (Å²) in [6.45, 7) is 0.883. The molecule has 2 aromatic rings. The van der Waals surface area contributed by atoms with E-state index in [9.17, 15) is 18.0 Å². The van der Waals surface area contributed by atoms with Crippen molar-refractivity contribution in [1.82, 2.24) is 0 Å². The highest BCUT2D eigenvalue weighted by atomic mass is 19.4. The predicted octanol–water partition coefficient (Wildman–Crippen LogP) is 4.63. The Morgan fingerprint density at radius 2 is 1.64 bits per heavy atom. The van der Waals surface area contributed by atoms with Gasteiger partial charge in [0.05, 0.1) is 12.2 Å². The highest BCUT2D eigenvalue weighted by Gasteiger charge is 2.29. The first-order valence-corrected chi connectivity index (χ1v) is 7.51. The molecule has 0 aliphatic carbocycles. The molecule has 3 nitrogen and oxygen atoms in total. The Morgan fingerprint density at radius 1 is 1.00 bits per heavy atom. The fourth-order valence-corrected chi connectivity index (χ4v) is 2.01. The quantitative estimate of drug-likeness (QED) is 0.415. The van der Waals surface area contributed by atoms with Gasteiger partial charge in [0.1, 0.15) is 12.4 Å². The van der Waals surface area contributed by atoms with E-state index in [2.05, 4.69) is 0 Å². The van der Waals surface area contributed by atoms with E-state index in [1.807, 2.05) is 0 Å². The Balaban J connectivity index is 1.97. The van der Waals surface area contributed by atoms with Crippen molar-refractivity contribution in [3.8, 4) is 5.75 Å². The van der Waals surface area contributed by atoms with Gasteiger partial charge in [-0.15, -0.1) is 0 Å². The molecule has 2 aromatic carbocycles. The van der Waals surface area contributed by atoms with E-state index in [0.29, 0.717) is 30.1 Å². The monoisotopic (exact) mass is 350 g/mol. The number of ketones is 1. The molecule has 0 aromatic heterocycles. The maximum Gasteiger partial charge on any atom is 0.416 e. The summed E-state index contributed by atoms with van der Waals surface area (Å²) >= 11 is 0. The zero-order valence-electron chi connectivity index (χ0n) is 13.5. The van der Waals surface area contributed by atoms with E-state index in [-0.39, 0.29) is 5.78 Å². The van der Waals surface area contributed by atoms with Crippen molar-refractivity contribution in [2.45, 2.75) is 6.18 Å². The molecule has 0 fully saturated rings. The summed E-state index contributed by atoms with van der Waals surface area (Å²) in [7, 11) is 1.58. The Bertz CT molecular complexity index is 717. The van der Waals surface area contributed by atoms with Crippen molar-refractivity contribution >= 4 is 11.9 Å². The maximum absolute atomic E-state index is 12.5. The molecule has 6 heteroatoms. The number of carbonyl (C=O) groups excluding carboxylic acids is 1. The van der Waals surface area contributed by atoms with Crippen molar-refractivity contribution in [1.29, 1.82) is 0 Å². The van der Waals surface area contributed by atoms with Crippen LogP contribution >= 0.6 is 0 Å². The third kappa shape index (κ3) is 5.76. The molecular formula is C19H17F3O3. The van der Waals surface area contributed by atoms with Crippen molar-refractivity contribution in [3.63, 3.8) is 0 Å². The van der Waals surface area contributed by atoms with Gasteiger partial charge in [-0.1, -0.05) is 18.2 Å². The number of methoxy groups -OCH3 is 1. The normalized spacial score (nSPS) is 11.7. The minimum Gasteiger partial charge on any atom is -0.491 e. The summed E-state index contributed by atoms with van der Waals surface area (Å²) in [5.74, 6) is 0.378. The fraction of sp³-hybridized carbons (Fsp3) is 0.211. The van der Waals surface area contributed by atoms with Gasteiger partial charge >= 0.3 is 6.18 Å². The van der Waals surface area contributed by atoms with Crippen LogP contribution in [0.2, 0.25) is 0 Å². The lowest BCUT2D eigenvalue weighted by Crippen LogP contribution is -2.04. The summed E-state index contributed by atoms with van der Waals surface area (Å²) in [6.07, 6.45) is -1.57. The third-order valence-corrected chi connectivity index (χ3v) is 3.36. The van der Waals surface area contributed by atoms with Crippen molar-refractivity contribution in [3.05, 3.63) is 71.3 Å². The lowest BCUT2D eigenvalue weighted by Gasteiger charge is -2.06. The Labute approximate surface area is 143 Å². The summed E-state index contributed by atoms with van der Waals surface area (Å²) < 4.78 is 47.8. The number of allylic oxidation sites excluding steroid dienone is 1. The number of benzene rings is 2. The Kier molecular flexibility index (Phi) is 6.36. The standard InChI is InChI=1S/C19H17F3O3/c1-24-12-13-25-17-9-5-15(6-10-17)18(23)11-4-14-2-7-16(8-3-14)19(20,21)22/h2-11H,12-13H2,1H3/b11-4+. The lowest BCUT2D eigenvalue weighted by atomic mass is 10.1. The highest BCUT2D eigenvalue weighted by Crippen LogP contribution is 2.29. The predicted molar refractivity (Wildman–Crippen MR) is 88.6 cm³/mol. The lowest BCUT2D eigenvalue weighted by molar-refractivity contribution is -0.137. The minimum absolute atomic E-state index is 0.247. The van der Waals surface area contributed by atoms with Gasteiger partial charge < -0.3 is 9.47 Å². The molecular weight excluding hydrogens is 333 g/mol. The van der Waals surface area contributed by atoms with Crippen LogP contribution in [-0.2, 0) is 10.9 Å². The van der Waals surface area contributed by atoms with Crippen LogP contribution in [0.1, 0.15) is 21.5 Å². The van der Waals surface area contributed by atoms with Gasteiger partial charge in [0.25, 0.3) is 0 Å². The van der Waals surface area contributed by atoms with Crippen LogP contribution in [0, 0.1) is 0 Å². The number of hydrogen-bond acceptors (Lipinski definition) is 3. The first kappa shape index (κ1) is 18.7. The first-order chi connectivity index (χ1) is 11.9. The van der Waals surface area contributed by atoms with Gasteiger partial charge in [-0.2, -0.15) is 13.2 Å². The van der Waals surface area contributed by atoms with Crippen LogP contribution < -0.4 is 4.74 Å². The zero-order chi connectivity index (χ0) is 18.3. The van der Waals surface area contributed by atoms with Crippen LogP contribution in [0.5, 0.6) is 5.75 Å². The topological polar surface area (TPSA) is 35.5 Å². The van der Waals surface area contributed by atoms with Gasteiger partial charge in [0, 0.05) is 12.7 Å². The molecule has 132 valence electrons. The van der Waals surface area contributed by atoms with E-state index in [0.717, 1.165) is 12.1 Å². The molecule has 0 bridgehead atoms. The van der Waals surface area contributed by atoms with E-state index in [1.54, 1.807) is 31.4 Å². The number of halogens is 3. The molecule has 0 atom stereocenters. The van der Waals surface area contributed by atoms with Crippen molar-refractivity contribution in [2.75, 3.05) is 20.3 Å². The van der Waals surface area contributed by atoms with Crippen LogP contribution in [0.3, 0.4) is 0 Å². The number of rotatable bonds is 7. The highest BCUT2D eigenvalue weighted by molar-refractivity contribution is 6.06. The molecule has 0 spiro atoms. The van der Waals surface area contributed by atoms with Gasteiger partial charge in [-0.05, 0) is 48.0 Å². The van der Waals surface area contributed by atoms with Crippen LogP contribution in [0.25, 0.3) is 6.08 Å². The molecule has 0 aliphatic heterocycles. The average molecular weight is 350 g/mol. The average Bonchev–Trinajstić information content (AvgIpc) is 2.60. The molecule has 0 radical (unpaired) electrons. The molecule has 2 rings (SSSR count). The fourth-order valence-electron chi connectivity index (χ4n) is 2.01. The van der Waals surface area contributed by atoms with Crippen molar-refractivity contribution < 1.29 is 27.4 Å². The second-order valence-corrected chi connectivity index (χ2v) is 5.18. The minimum atomic E-state index is -4.37. The first-order valence-electron chi connectivity index (χ1n) is 7.51. The molecule has 0 saturated heterocycles. The molecule has 0 N–H and O–H groups in total. The Morgan fingerprint density at radius 3 is 2.20 bits per heavy atom. The summed E-state index contributed by atoms with van der Waals surface area (Å²) in [5.41, 5.74) is 0.253. The van der Waals surface area contributed by atoms with Gasteiger partial charge in [0.2, 0.25) is 0 Å². The van der Waals surface area contributed by atoms with E-state index in [1.165, 1.54) is 24.3 Å². The largest absolute Gasteiger partial charge is 0.491 e. The van der Waals surface area contributed by atoms with Crippen molar-refractivity contribution in [2.24, 2.45) is 0 Å². The second kappa shape index (κ2) is 8.48. The van der Waals surface area contributed by atoms with Gasteiger partial charge in [-0.25, -0.2) is 0 Å².